The molecule has 1 atom stereocenters. The third-order valence-corrected chi connectivity index (χ3v) is 6.43. The minimum atomic E-state index is -3.03. The second-order valence-electron chi connectivity index (χ2n) is 6.73. The first-order valence-electron chi connectivity index (χ1n) is 8.60. The van der Waals surface area contributed by atoms with E-state index >= 15 is 0 Å². The summed E-state index contributed by atoms with van der Waals surface area (Å²) in [6.07, 6.45) is 4.82. The summed E-state index contributed by atoms with van der Waals surface area (Å²) in [5.74, 6) is 0.00255. The van der Waals surface area contributed by atoms with Gasteiger partial charge in [-0.2, -0.15) is 0 Å². The van der Waals surface area contributed by atoms with E-state index in [0.29, 0.717) is 17.7 Å². The van der Waals surface area contributed by atoms with E-state index < -0.39 is 15.9 Å². The molecule has 1 saturated carbocycles. The molecule has 0 unspecified atom stereocenters. The molecule has 25 heavy (non-hydrogen) atoms. The summed E-state index contributed by atoms with van der Waals surface area (Å²) in [5, 5.41) is 8.33. The van der Waals surface area contributed by atoms with Crippen molar-refractivity contribution in [3.8, 4) is 0 Å². The number of anilines is 1. The third kappa shape index (κ3) is 4.94. The van der Waals surface area contributed by atoms with Gasteiger partial charge in [0.1, 0.15) is 0 Å². The summed E-state index contributed by atoms with van der Waals surface area (Å²) in [7, 11) is -3.03. The lowest BCUT2D eigenvalue weighted by Gasteiger charge is -2.13. The van der Waals surface area contributed by atoms with Crippen molar-refractivity contribution < 1.29 is 18.0 Å². The molecule has 1 aromatic carbocycles. The van der Waals surface area contributed by atoms with Gasteiger partial charge in [-0.25, -0.2) is 13.2 Å². The predicted octanol–water partition coefficient (Wildman–Crippen LogP) is 1.67. The zero-order chi connectivity index (χ0) is 17.9. The summed E-state index contributed by atoms with van der Waals surface area (Å²) in [6, 6.07) is 6.13. The van der Waals surface area contributed by atoms with Crippen molar-refractivity contribution in [3.63, 3.8) is 0 Å². The van der Waals surface area contributed by atoms with Crippen LogP contribution in [0.3, 0.4) is 0 Å². The Morgan fingerprint density at radius 1 is 0.920 bits per heavy atom. The van der Waals surface area contributed by atoms with Gasteiger partial charge in [-0.1, -0.05) is 12.8 Å². The monoisotopic (exact) mass is 365 g/mol. The van der Waals surface area contributed by atoms with Crippen molar-refractivity contribution in [3.05, 3.63) is 29.8 Å². The van der Waals surface area contributed by atoms with Gasteiger partial charge in [0.15, 0.2) is 9.84 Å². The molecule has 3 amide bonds. The van der Waals surface area contributed by atoms with Crippen LogP contribution in [0.25, 0.3) is 0 Å². The first-order valence-corrected chi connectivity index (χ1v) is 10.4. The van der Waals surface area contributed by atoms with Crippen LogP contribution in [0.4, 0.5) is 10.5 Å². The molecule has 3 rings (SSSR count). The van der Waals surface area contributed by atoms with Gasteiger partial charge in [0.05, 0.1) is 11.5 Å². The number of hydrogen-bond acceptors (Lipinski definition) is 4. The molecular weight excluding hydrogens is 342 g/mol. The van der Waals surface area contributed by atoms with E-state index in [1.54, 1.807) is 24.3 Å². The Bertz CT molecular complexity index is 740. The van der Waals surface area contributed by atoms with E-state index in [0.717, 1.165) is 25.7 Å². The molecule has 1 heterocycles. The standard InChI is InChI=1S/C17H23N3O4S/c21-16(18-13-3-1-2-4-13)12-5-7-14(8-6-12)19-17(22)20-15-9-10-25(23,24)11-15/h5-8,13,15H,1-4,9-11H2,(H,18,21)(H2,19,20,22)/t15-/m1/s1. The quantitative estimate of drug-likeness (QED) is 0.755. The molecule has 2 aliphatic rings. The Hall–Kier alpha value is -2.09. The summed E-state index contributed by atoms with van der Waals surface area (Å²) in [4.78, 5) is 24.1. The normalized spacial score (nSPS) is 22.5. The SMILES string of the molecule is O=C(Nc1ccc(C(=O)NC2CCCC2)cc1)N[C@@H]1CCS(=O)(=O)C1. The van der Waals surface area contributed by atoms with E-state index in [2.05, 4.69) is 16.0 Å². The fourth-order valence-electron chi connectivity index (χ4n) is 3.31. The number of nitrogens with one attached hydrogen (secondary N) is 3. The van der Waals surface area contributed by atoms with E-state index in [9.17, 15) is 18.0 Å². The maximum Gasteiger partial charge on any atom is 0.319 e. The lowest BCUT2D eigenvalue weighted by molar-refractivity contribution is 0.0938. The van der Waals surface area contributed by atoms with Crippen LogP contribution in [0.2, 0.25) is 0 Å². The second kappa shape index (κ2) is 7.43. The highest BCUT2D eigenvalue weighted by molar-refractivity contribution is 7.91. The van der Waals surface area contributed by atoms with Gasteiger partial charge in [0.25, 0.3) is 5.91 Å². The Morgan fingerprint density at radius 2 is 1.60 bits per heavy atom. The average molecular weight is 365 g/mol. The topological polar surface area (TPSA) is 104 Å². The molecule has 1 aromatic rings. The minimum Gasteiger partial charge on any atom is -0.349 e. The van der Waals surface area contributed by atoms with Gasteiger partial charge in [-0.3, -0.25) is 4.79 Å². The molecule has 7 nitrogen and oxygen atoms in total. The minimum absolute atomic E-state index is 0.0132. The fourth-order valence-corrected chi connectivity index (χ4v) is 4.98. The molecule has 1 aliphatic heterocycles. The van der Waals surface area contributed by atoms with Crippen molar-refractivity contribution >= 4 is 27.5 Å². The predicted molar refractivity (Wildman–Crippen MR) is 95.4 cm³/mol. The van der Waals surface area contributed by atoms with Crippen LogP contribution in [0.5, 0.6) is 0 Å². The Balaban J connectivity index is 1.50. The first-order chi connectivity index (χ1) is 11.9. The molecule has 0 aromatic heterocycles. The molecule has 0 radical (unpaired) electrons. The van der Waals surface area contributed by atoms with Gasteiger partial charge in [-0.05, 0) is 43.5 Å². The Kier molecular flexibility index (Phi) is 5.27. The number of rotatable bonds is 4. The molecule has 1 aliphatic carbocycles. The zero-order valence-corrected chi connectivity index (χ0v) is 14.8. The van der Waals surface area contributed by atoms with Crippen molar-refractivity contribution in [2.45, 2.75) is 44.2 Å². The van der Waals surface area contributed by atoms with E-state index in [1.807, 2.05) is 0 Å². The van der Waals surface area contributed by atoms with E-state index in [4.69, 9.17) is 0 Å². The van der Waals surface area contributed by atoms with Crippen LogP contribution in [0, 0.1) is 0 Å². The number of amides is 3. The largest absolute Gasteiger partial charge is 0.349 e. The van der Waals surface area contributed by atoms with Crippen LogP contribution in [-0.4, -0.2) is 43.9 Å². The van der Waals surface area contributed by atoms with Crippen LogP contribution in [0.15, 0.2) is 24.3 Å². The van der Waals surface area contributed by atoms with Gasteiger partial charge in [-0.15, -0.1) is 0 Å². The van der Waals surface area contributed by atoms with Gasteiger partial charge in [0, 0.05) is 23.3 Å². The van der Waals surface area contributed by atoms with Crippen molar-refractivity contribution in [2.24, 2.45) is 0 Å². The number of hydrogen-bond donors (Lipinski definition) is 3. The highest BCUT2D eigenvalue weighted by Gasteiger charge is 2.28. The lowest BCUT2D eigenvalue weighted by Crippen LogP contribution is -2.38. The van der Waals surface area contributed by atoms with Gasteiger partial charge in [0.2, 0.25) is 0 Å². The maximum absolute atomic E-state index is 12.2. The Labute approximate surface area is 147 Å². The summed E-state index contributed by atoms with van der Waals surface area (Å²) in [6.45, 7) is 0. The van der Waals surface area contributed by atoms with Crippen molar-refractivity contribution in [2.75, 3.05) is 16.8 Å². The highest BCUT2D eigenvalue weighted by Crippen LogP contribution is 2.18. The number of carbonyl (C=O) groups is 2. The molecular formula is C17H23N3O4S. The third-order valence-electron chi connectivity index (χ3n) is 4.66. The fraction of sp³-hybridized carbons (Fsp3) is 0.529. The van der Waals surface area contributed by atoms with Crippen molar-refractivity contribution in [1.29, 1.82) is 0 Å². The molecule has 0 bridgehead atoms. The van der Waals surface area contributed by atoms with E-state index in [1.165, 1.54) is 0 Å². The highest BCUT2D eigenvalue weighted by atomic mass is 32.2. The second-order valence-corrected chi connectivity index (χ2v) is 8.96. The summed E-state index contributed by atoms with van der Waals surface area (Å²) >= 11 is 0. The number of sulfone groups is 1. The first kappa shape index (κ1) is 17.7. The molecule has 0 spiro atoms. The van der Waals surface area contributed by atoms with Gasteiger partial charge >= 0.3 is 6.03 Å². The molecule has 8 heteroatoms. The molecule has 2 fully saturated rings. The summed E-state index contributed by atoms with van der Waals surface area (Å²) in [5.41, 5.74) is 1.11. The Morgan fingerprint density at radius 3 is 2.20 bits per heavy atom. The average Bonchev–Trinajstić information content (AvgIpc) is 3.17. The smallest absolute Gasteiger partial charge is 0.319 e. The van der Waals surface area contributed by atoms with Crippen LogP contribution < -0.4 is 16.0 Å². The number of carbonyl (C=O) groups excluding carboxylic acids is 2. The van der Waals surface area contributed by atoms with Crippen LogP contribution >= 0.6 is 0 Å². The number of benzene rings is 1. The summed E-state index contributed by atoms with van der Waals surface area (Å²) < 4.78 is 22.8. The van der Waals surface area contributed by atoms with Crippen LogP contribution in [0.1, 0.15) is 42.5 Å². The zero-order valence-electron chi connectivity index (χ0n) is 14.0. The number of urea groups is 1. The van der Waals surface area contributed by atoms with E-state index in [-0.39, 0.29) is 29.5 Å². The maximum atomic E-state index is 12.2. The molecule has 3 N–H and O–H groups in total. The van der Waals surface area contributed by atoms with Crippen LogP contribution in [-0.2, 0) is 9.84 Å². The lowest BCUT2D eigenvalue weighted by atomic mass is 10.1. The van der Waals surface area contributed by atoms with Crippen molar-refractivity contribution in [1.82, 2.24) is 10.6 Å². The molecule has 1 saturated heterocycles. The molecule has 136 valence electrons. The van der Waals surface area contributed by atoms with Gasteiger partial charge < -0.3 is 16.0 Å².